The lowest BCUT2D eigenvalue weighted by Crippen LogP contribution is -2.46. The van der Waals surface area contributed by atoms with Gasteiger partial charge in [-0.2, -0.15) is 0 Å². The molecule has 1 aliphatic heterocycles. The molecule has 1 heterocycles. The van der Waals surface area contributed by atoms with E-state index in [4.69, 9.17) is 9.47 Å². The fourth-order valence-corrected chi connectivity index (χ4v) is 4.59. The first-order valence-electron chi connectivity index (χ1n) is 10.5. The van der Waals surface area contributed by atoms with Crippen LogP contribution in [0.25, 0.3) is 0 Å². The summed E-state index contributed by atoms with van der Waals surface area (Å²) in [6, 6.07) is 10.8. The van der Waals surface area contributed by atoms with Gasteiger partial charge in [-0.25, -0.2) is 0 Å². The molecular weight excluding hydrogens is 308 g/mol. The Hall–Kier alpha value is -0.860. The van der Waals surface area contributed by atoms with Gasteiger partial charge >= 0.3 is 0 Å². The van der Waals surface area contributed by atoms with Gasteiger partial charge in [0.1, 0.15) is 0 Å². The van der Waals surface area contributed by atoms with Crippen LogP contribution in [0.15, 0.2) is 30.3 Å². The largest absolute Gasteiger partial charge is 0.347 e. The fourth-order valence-electron chi connectivity index (χ4n) is 4.59. The first kappa shape index (κ1) is 18.9. The molecule has 1 saturated heterocycles. The predicted octanol–water partition coefficient (Wildman–Crippen LogP) is 6.28. The molecule has 25 heavy (non-hydrogen) atoms. The van der Waals surface area contributed by atoms with Crippen molar-refractivity contribution in [3.05, 3.63) is 35.9 Å². The van der Waals surface area contributed by atoms with E-state index in [1.807, 2.05) is 0 Å². The lowest BCUT2D eigenvalue weighted by Gasteiger charge is -2.41. The van der Waals surface area contributed by atoms with Crippen LogP contribution >= 0.6 is 0 Å². The molecular formula is C23H36O2. The van der Waals surface area contributed by atoms with Gasteiger partial charge in [-0.05, 0) is 45.1 Å². The van der Waals surface area contributed by atoms with E-state index in [0.717, 1.165) is 12.8 Å². The van der Waals surface area contributed by atoms with Crippen LogP contribution in [0.3, 0.4) is 0 Å². The predicted molar refractivity (Wildman–Crippen MR) is 104 cm³/mol. The summed E-state index contributed by atoms with van der Waals surface area (Å²) < 4.78 is 12.7. The molecule has 2 nitrogen and oxygen atoms in total. The second-order valence-corrected chi connectivity index (χ2v) is 8.58. The van der Waals surface area contributed by atoms with Crippen LogP contribution in [0, 0.1) is 5.92 Å². The minimum absolute atomic E-state index is 0.0739. The number of rotatable bonds is 10. The Labute approximate surface area is 154 Å². The third kappa shape index (κ3) is 5.08. The first-order chi connectivity index (χ1) is 12.0. The molecule has 2 fully saturated rings. The van der Waals surface area contributed by atoms with Crippen molar-refractivity contribution in [2.45, 2.75) is 102 Å². The summed E-state index contributed by atoms with van der Waals surface area (Å²) in [4.78, 5) is 0. The molecule has 3 rings (SSSR count). The van der Waals surface area contributed by atoms with Crippen LogP contribution < -0.4 is 0 Å². The number of ether oxygens (including phenoxy) is 2. The molecule has 0 spiro atoms. The molecule has 140 valence electrons. The second kappa shape index (κ2) is 8.22. The van der Waals surface area contributed by atoms with Crippen molar-refractivity contribution in [1.82, 2.24) is 0 Å². The molecule has 2 heteroatoms. The topological polar surface area (TPSA) is 18.5 Å². The Bertz CT molecular complexity index is 524. The highest BCUT2D eigenvalue weighted by Gasteiger charge is 2.64. The smallest absolute Gasteiger partial charge is 0.163 e. The lowest BCUT2D eigenvalue weighted by molar-refractivity contribution is -0.306. The summed E-state index contributed by atoms with van der Waals surface area (Å²) >= 11 is 0. The van der Waals surface area contributed by atoms with Gasteiger partial charge in [-0.3, -0.25) is 0 Å². The molecule has 1 saturated carbocycles. The first-order valence-corrected chi connectivity index (χ1v) is 10.5. The third-order valence-electron chi connectivity index (χ3n) is 5.94. The van der Waals surface area contributed by atoms with Crippen LogP contribution in [0.4, 0.5) is 0 Å². The Morgan fingerprint density at radius 3 is 2.48 bits per heavy atom. The third-order valence-corrected chi connectivity index (χ3v) is 5.94. The average molecular weight is 345 g/mol. The standard InChI is InChI=1S/C23H36O2/c1-4-5-6-7-8-12-15-21-20-18-23(20,25-22(2,3)24-21)17-16-19-13-10-9-11-14-19/h9-11,13-14,20-21H,4-8,12,15-18H2,1-3H3/t20-,21-,23-/m0/s1. The van der Waals surface area contributed by atoms with Crippen molar-refractivity contribution in [2.24, 2.45) is 5.92 Å². The average Bonchev–Trinajstić information content (AvgIpc) is 3.30. The molecule has 3 atom stereocenters. The molecule has 0 aromatic heterocycles. The molecule has 0 N–H and O–H groups in total. The van der Waals surface area contributed by atoms with Gasteiger partial charge in [0.25, 0.3) is 0 Å². The van der Waals surface area contributed by atoms with E-state index < -0.39 is 5.79 Å². The highest BCUT2D eigenvalue weighted by Crippen LogP contribution is 2.59. The van der Waals surface area contributed by atoms with Gasteiger partial charge in [0.15, 0.2) is 5.79 Å². The van der Waals surface area contributed by atoms with Crippen LogP contribution in [0.1, 0.15) is 84.1 Å². The zero-order chi connectivity index (χ0) is 17.8. The van der Waals surface area contributed by atoms with E-state index in [9.17, 15) is 0 Å². The summed E-state index contributed by atoms with van der Waals surface area (Å²) in [7, 11) is 0. The van der Waals surface area contributed by atoms with E-state index in [-0.39, 0.29) is 5.60 Å². The van der Waals surface area contributed by atoms with Crippen molar-refractivity contribution in [3.8, 4) is 0 Å². The van der Waals surface area contributed by atoms with Gasteiger partial charge in [0.05, 0.1) is 11.7 Å². The molecule has 1 aromatic carbocycles. The van der Waals surface area contributed by atoms with Crippen molar-refractivity contribution < 1.29 is 9.47 Å². The minimum Gasteiger partial charge on any atom is -0.347 e. The monoisotopic (exact) mass is 344 g/mol. The van der Waals surface area contributed by atoms with Crippen LogP contribution in [0.2, 0.25) is 0 Å². The SMILES string of the molecule is CCCCCCCC[C@@H]1OC(C)(C)O[C@@]2(CCc3ccccc3)C[C@@H]12. The zero-order valence-corrected chi connectivity index (χ0v) is 16.4. The van der Waals surface area contributed by atoms with Gasteiger partial charge in [-0.1, -0.05) is 75.8 Å². The zero-order valence-electron chi connectivity index (χ0n) is 16.4. The molecule has 1 aliphatic carbocycles. The summed E-state index contributed by atoms with van der Waals surface area (Å²) in [5.41, 5.74) is 1.49. The number of aryl methyl sites for hydroxylation is 1. The normalized spacial score (nSPS) is 30.0. The van der Waals surface area contributed by atoms with Crippen molar-refractivity contribution in [1.29, 1.82) is 0 Å². The lowest BCUT2D eigenvalue weighted by atomic mass is 9.97. The Kier molecular flexibility index (Phi) is 6.22. The van der Waals surface area contributed by atoms with Crippen molar-refractivity contribution >= 4 is 0 Å². The van der Waals surface area contributed by atoms with Crippen molar-refractivity contribution in [3.63, 3.8) is 0 Å². The van der Waals surface area contributed by atoms with Gasteiger partial charge in [0.2, 0.25) is 0 Å². The van der Waals surface area contributed by atoms with Gasteiger partial charge in [-0.15, -0.1) is 0 Å². The molecule has 0 bridgehead atoms. The van der Waals surface area contributed by atoms with Crippen molar-refractivity contribution in [2.75, 3.05) is 0 Å². The van der Waals surface area contributed by atoms with E-state index in [2.05, 4.69) is 51.1 Å². The van der Waals surface area contributed by atoms with E-state index in [1.165, 1.54) is 56.9 Å². The number of benzene rings is 1. The number of hydrogen-bond donors (Lipinski definition) is 0. The summed E-state index contributed by atoms with van der Waals surface area (Å²) in [5.74, 6) is 0.177. The molecule has 0 amide bonds. The number of hydrogen-bond acceptors (Lipinski definition) is 2. The quantitative estimate of drug-likeness (QED) is 0.465. The van der Waals surface area contributed by atoms with Crippen LogP contribution in [-0.4, -0.2) is 17.5 Å². The Balaban J connectivity index is 1.49. The van der Waals surface area contributed by atoms with E-state index in [0.29, 0.717) is 12.0 Å². The fraction of sp³-hybridized carbons (Fsp3) is 0.739. The van der Waals surface area contributed by atoms with E-state index in [1.54, 1.807) is 0 Å². The highest BCUT2D eigenvalue weighted by atomic mass is 16.7. The Morgan fingerprint density at radius 1 is 1.00 bits per heavy atom. The van der Waals surface area contributed by atoms with E-state index >= 15 is 0 Å². The number of unbranched alkanes of at least 4 members (excludes halogenated alkanes) is 5. The van der Waals surface area contributed by atoms with Gasteiger partial charge < -0.3 is 9.47 Å². The molecule has 0 radical (unpaired) electrons. The number of fused-ring (bicyclic) bond motifs is 1. The van der Waals surface area contributed by atoms with Crippen LogP contribution in [-0.2, 0) is 15.9 Å². The summed E-state index contributed by atoms with van der Waals surface area (Å²) in [5, 5.41) is 0. The Morgan fingerprint density at radius 2 is 1.72 bits per heavy atom. The molecule has 2 aliphatic rings. The summed E-state index contributed by atoms with van der Waals surface area (Å²) in [6.07, 6.45) is 13.1. The molecule has 0 unspecified atom stereocenters. The highest BCUT2D eigenvalue weighted by molar-refractivity contribution is 5.18. The van der Waals surface area contributed by atoms with Crippen LogP contribution in [0.5, 0.6) is 0 Å². The second-order valence-electron chi connectivity index (χ2n) is 8.58. The molecule has 1 aromatic rings. The maximum Gasteiger partial charge on any atom is 0.163 e. The maximum atomic E-state index is 6.42. The summed E-state index contributed by atoms with van der Waals surface area (Å²) in [6.45, 7) is 6.47. The maximum absolute atomic E-state index is 6.42. The van der Waals surface area contributed by atoms with Gasteiger partial charge in [0, 0.05) is 5.92 Å². The minimum atomic E-state index is -0.434.